The van der Waals surface area contributed by atoms with Crippen LogP contribution >= 0.6 is 15.9 Å². The summed E-state index contributed by atoms with van der Waals surface area (Å²) in [6.45, 7) is 1.69. The monoisotopic (exact) mass is 462 g/mol. The van der Waals surface area contributed by atoms with Gasteiger partial charge < -0.3 is 9.42 Å². The van der Waals surface area contributed by atoms with Gasteiger partial charge in [0.2, 0.25) is 18.1 Å². The largest absolute Gasteiger partial charge is 0.339 e. The molecule has 0 bridgehead atoms. The van der Waals surface area contributed by atoms with Gasteiger partial charge in [-0.25, -0.2) is 8.78 Å². The van der Waals surface area contributed by atoms with E-state index in [0.29, 0.717) is 29.4 Å². The molecule has 3 aromatic rings. The summed E-state index contributed by atoms with van der Waals surface area (Å²) in [5.74, 6) is -2.00. The van der Waals surface area contributed by atoms with Gasteiger partial charge in [0.05, 0.1) is 11.7 Å². The average Bonchev–Trinajstić information content (AvgIpc) is 3.16. The molecule has 2 aromatic heterocycles. The number of hydrogen-bond acceptors (Lipinski definition) is 5. The third-order valence-electron chi connectivity index (χ3n) is 4.98. The maximum atomic E-state index is 14.4. The molecule has 1 amide bonds. The second-order valence-electron chi connectivity index (χ2n) is 6.86. The molecule has 29 heavy (non-hydrogen) atoms. The lowest BCUT2D eigenvalue weighted by molar-refractivity contribution is -0.128. The maximum Gasteiger partial charge on any atom is 0.264 e. The average molecular weight is 463 g/mol. The molecule has 2 atom stereocenters. The van der Waals surface area contributed by atoms with Crippen molar-refractivity contribution in [3.05, 3.63) is 54.0 Å². The Bertz CT molecular complexity index is 1030. The molecule has 0 aliphatic carbocycles. The van der Waals surface area contributed by atoms with Gasteiger partial charge in [-0.05, 0) is 6.07 Å². The molecule has 0 N–H and O–H groups in total. The number of pyridine rings is 1. The van der Waals surface area contributed by atoms with Crippen LogP contribution < -0.4 is 0 Å². The zero-order chi connectivity index (χ0) is 20.6. The molecule has 1 aliphatic rings. The molecule has 9 heteroatoms. The van der Waals surface area contributed by atoms with Gasteiger partial charge in [-0.1, -0.05) is 51.4 Å². The Hall–Kier alpha value is -2.68. The number of hydrogen-bond donors (Lipinski definition) is 0. The minimum atomic E-state index is -2.93. The van der Waals surface area contributed by atoms with Gasteiger partial charge in [-0.3, -0.25) is 9.78 Å². The Balaban J connectivity index is 1.74. The highest BCUT2D eigenvalue weighted by molar-refractivity contribution is 9.09. The highest BCUT2D eigenvalue weighted by Crippen LogP contribution is 2.45. The van der Waals surface area contributed by atoms with Crippen LogP contribution in [0.2, 0.25) is 0 Å². The Morgan fingerprint density at radius 1 is 1.24 bits per heavy atom. The molecule has 150 valence electrons. The summed E-state index contributed by atoms with van der Waals surface area (Å²) in [5, 5.41) is 3.89. The number of benzene rings is 1. The molecule has 1 aliphatic heterocycles. The molecule has 1 aromatic carbocycles. The molecular formula is C20H17BrF2N4O2. The summed E-state index contributed by atoms with van der Waals surface area (Å²) >= 11 is 3.14. The highest BCUT2D eigenvalue weighted by Gasteiger charge is 2.49. The zero-order valence-corrected chi connectivity index (χ0v) is 17.0. The van der Waals surface area contributed by atoms with Crippen LogP contribution in [0.3, 0.4) is 0 Å². The molecule has 0 saturated carbocycles. The summed E-state index contributed by atoms with van der Waals surface area (Å²) in [4.78, 5) is 20.4. The van der Waals surface area contributed by atoms with Crippen LogP contribution in [0.4, 0.5) is 8.78 Å². The molecule has 4 rings (SSSR count). The summed E-state index contributed by atoms with van der Waals surface area (Å²) in [7, 11) is 0. The highest BCUT2D eigenvalue weighted by atomic mass is 79.9. The van der Waals surface area contributed by atoms with Crippen molar-refractivity contribution in [2.45, 2.75) is 30.1 Å². The number of rotatable bonds is 4. The predicted molar refractivity (Wildman–Crippen MR) is 105 cm³/mol. The molecule has 1 fully saturated rings. The van der Waals surface area contributed by atoms with E-state index in [0.717, 1.165) is 11.1 Å². The molecule has 6 nitrogen and oxygen atoms in total. The number of carbonyl (C=O) groups excluding carboxylic acids is 1. The van der Waals surface area contributed by atoms with E-state index in [9.17, 15) is 13.6 Å². The minimum absolute atomic E-state index is 0.0201. The van der Waals surface area contributed by atoms with Crippen LogP contribution in [0, 0.1) is 6.92 Å². The van der Waals surface area contributed by atoms with Gasteiger partial charge in [0, 0.05) is 42.8 Å². The second kappa shape index (κ2) is 7.62. The summed E-state index contributed by atoms with van der Waals surface area (Å²) in [6, 6.07) is 9.86. The van der Waals surface area contributed by atoms with E-state index in [1.807, 2.05) is 24.3 Å². The fourth-order valence-electron chi connectivity index (χ4n) is 3.50. The predicted octanol–water partition coefficient (Wildman–Crippen LogP) is 4.41. The first-order valence-corrected chi connectivity index (χ1v) is 9.91. The van der Waals surface area contributed by atoms with Crippen LogP contribution in [-0.4, -0.2) is 43.7 Å². The molecular weight excluding hydrogens is 446 g/mol. The molecule has 0 spiro atoms. The fourth-order valence-corrected chi connectivity index (χ4v) is 4.32. The Morgan fingerprint density at radius 3 is 2.62 bits per heavy atom. The van der Waals surface area contributed by atoms with E-state index in [2.05, 4.69) is 31.1 Å². The molecule has 1 saturated heterocycles. The van der Waals surface area contributed by atoms with Crippen molar-refractivity contribution >= 4 is 22.3 Å². The first kappa shape index (κ1) is 19.6. The summed E-state index contributed by atoms with van der Waals surface area (Å²) in [5.41, 5.74) is 2.61. The van der Waals surface area contributed by atoms with E-state index in [1.165, 1.54) is 4.90 Å². The summed E-state index contributed by atoms with van der Waals surface area (Å²) < 4.78 is 33.8. The van der Waals surface area contributed by atoms with Gasteiger partial charge in [0.25, 0.3) is 5.92 Å². The quantitative estimate of drug-likeness (QED) is 0.424. The molecule has 3 heterocycles. The number of amides is 1. The van der Waals surface area contributed by atoms with Gasteiger partial charge in [0.1, 0.15) is 4.83 Å². The van der Waals surface area contributed by atoms with Crippen LogP contribution in [-0.2, 0) is 4.79 Å². The van der Waals surface area contributed by atoms with Crippen LogP contribution in [0.15, 0.2) is 47.1 Å². The van der Waals surface area contributed by atoms with Crippen molar-refractivity contribution in [3.8, 4) is 22.6 Å². The number of aryl methyl sites for hydroxylation is 1. The van der Waals surface area contributed by atoms with Crippen LogP contribution in [0.1, 0.15) is 23.9 Å². The van der Waals surface area contributed by atoms with Crippen molar-refractivity contribution in [1.82, 2.24) is 20.0 Å². The number of carbonyl (C=O) groups is 1. The third kappa shape index (κ3) is 3.66. The lowest BCUT2D eigenvalue weighted by Crippen LogP contribution is -2.49. The van der Waals surface area contributed by atoms with Gasteiger partial charge in [-0.2, -0.15) is 4.98 Å². The SMILES string of the molecule is Cc1nc(-c2ccc(-c3ncccc3C3C(Br)C(F)(F)CCN3C=O)cc2)no1. The van der Waals surface area contributed by atoms with Crippen molar-refractivity contribution in [1.29, 1.82) is 0 Å². The van der Waals surface area contributed by atoms with E-state index in [-0.39, 0.29) is 13.0 Å². The van der Waals surface area contributed by atoms with Gasteiger partial charge in [-0.15, -0.1) is 0 Å². The number of aromatic nitrogens is 3. The first-order chi connectivity index (χ1) is 13.9. The van der Waals surface area contributed by atoms with E-state index < -0.39 is 16.8 Å². The van der Waals surface area contributed by atoms with E-state index in [1.54, 1.807) is 25.3 Å². The Morgan fingerprint density at radius 2 is 1.97 bits per heavy atom. The number of halogens is 3. The Labute approximate surface area is 174 Å². The molecule has 2 unspecified atom stereocenters. The number of alkyl halides is 3. The standard InChI is InChI=1S/C20H17BrF2N4O2/c1-12-25-19(26-29-12)14-6-4-13(5-7-14)16-15(3-2-9-24-16)17-18(21)20(22,23)8-10-27(17)11-28/h2-7,9,11,17-18H,8,10H2,1H3. The topological polar surface area (TPSA) is 72.1 Å². The first-order valence-electron chi connectivity index (χ1n) is 8.99. The zero-order valence-electron chi connectivity index (χ0n) is 15.4. The van der Waals surface area contributed by atoms with Crippen LogP contribution in [0.25, 0.3) is 22.6 Å². The second-order valence-corrected chi connectivity index (χ2v) is 7.84. The van der Waals surface area contributed by atoms with E-state index >= 15 is 0 Å². The van der Waals surface area contributed by atoms with E-state index in [4.69, 9.17) is 4.52 Å². The van der Waals surface area contributed by atoms with Crippen molar-refractivity contribution < 1.29 is 18.1 Å². The smallest absolute Gasteiger partial charge is 0.264 e. The van der Waals surface area contributed by atoms with Crippen molar-refractivity contribution in [2.75, 3.05) is 6.54 Å². The number of nitrogens with zero attached hydrogens (tertiary/aromatic N) is 4. The lowest BCUT2D eigenvalue weighted by Gasteiger charge is -2.41. The Kier molecular flexibility index (Phi) is 5.16. The summed E-state index contributed by atoms with van der Waals surface area (Å²) in [6.07, 6.45) is 1.84. The molecule has 0 radical (unpaired) electrons. The maximum absolute atomic E-state index is 14.4. The number of likely N-dealkylation sites (tertiary alicyclic amines) is 1. The van der Waals surface area contributed by atoms with Crippen molar-refractivity contribution in [2.24, 2.45) is 0 Å². The normalized spacial score (nSPS) is 21.2. The van der Waals surface area contributed by atoms with Gasteiger partial charge in [0.15, 0.2) is 0 Å². The fraction of sp³-hybridized carbons (Fsp3) is 0.300. The number of piperidine rings is 1. The minimum Gasteiger partial charge on any atom is -0.339 e. The van der Waals surface area contributed by atoms with Crippen molar-refractivity contribution in [3.63, 3.8) is 0 Å². The van der Waals surface area contributed by atoms with Gasteiger partial charge >= 0.3 is 0 Å². The van der Waals surface area contributed by atoms with Crippen LogP contribution in [0.5, 0.6) is 0 Å². The third-order valence-corrected chi connectivity index (χ3v) is 6.15. The lowest BCUT2D eigenvalue weighted by atomic mass is 9.90.